The van der Waals surface area contributed by atoms with Crippen LogP contribution in [0.5, 0.6) is 0 Å². The fourth-order valence-electron chi connectivity index (χ4n) is 2.99. The molecule has 1 aromatic carbocycles. The number of carbonyl (C=O) groups excluding carboxylic acids is 1. The van der Waals surface area contributed by atoms with Crippen LogP contribution in [-0.2, 0) is 17.6 Å². The number of hydrogen-bond acceptors (Lipinski definition) is 2. The molecule has 3 heteroatoms. The maximum Gasteiger partial charge on any atom is 0.224 e. The fourth-order valence-corrected chi connectivity index (χ4v) is 2.99. The van der Waals surface area contributed by atoms with E-state index in [1.54, 1.807) is 0 Å². The van der Waals surface area contributed by atoms with Gasteiger partial charge in [0, 0.05) is 11.5 Å². The second-order valence-corrected chi connectivity index (χ2v) is 6.17. The Balaban J connectivity index is 1.91. The Hall–Kier alpha value is -1.35. The predicted molar refractivity (Wildman–Crippen MR) is 80.5 cm³/mol. The van der Waals surface area contributed by atoms with Crippen LogP contribution in [0.2, 0.25) is 0 Å². The molecule has 20 heavy (non-hydrogen) atoms. The molecular formula is C17H25NO2. The van der Waals surface area contributed by atoms with Crippen LogP contribution in [0.15, 0.2) is 24.3 Å². The van der Waals surface area contributed by atoms with E-state index in [1.165, 1.54) is 5.56 Å². The van der Waals surface area contributed by atoms with Gasteiger partial charge in [-0.05, 0) is 30.4 Å². The van der Waals surface area contributed by atoms with E-state index in [4.69, 9.17) is 0 Å². The number of rotatable bonds is 5. The lowest BCUT2D eigenvalue weighted by Gasteiger charge is -2.30. The van der Waals surface area contributed by atoms with Crippen LogP contribution >= 0.6 is 0 Å². The molecule has 2 N–H and O–H groups in total. The van der Waals surface area contributed by atoms with Crippen molar-refractivity contribution in [2.75, 3.05) is 6.61 Å². The molecule has 1 aliphatic carbocycles. The second-order valence-electron chi connectivity index (χ2n) is 6.17. The highest BCUT2D eigenvalue weighted by Crippen LogP contribution is 2.37. The minimum Gasteiger partial charge on any atom is -0.396 e. The zero-order valence-electron chi connectivity index (χ0n) is 12.5. The minimum absolute atomic E-state index is 0.0563. The van der Waals surface area contributed by atoms with Crippen LogP contribution in [0.25, 0.3) is 0 Å². The number of aryl methyl sites for hydroxylation is 1. The molecule has 1 fully saturated rings. The predicted octanol–water partition coefficient (Wildman–Crippen LogP) is 2.46. The summed E-state index contributed by atoms with van der Waals surface area (Å²) in [5.74, 6) is 0.0563. The first kappa shape index (κ1) is 15.0. The normalized spacial score (nSPS) is 25.6. The van der Waals surface area contributed by atoms with Gasteiger partial charge >= 0.3 is 0 Å². The summed E-state index contributed by atoms with van der Waals surface area (Å²) in [5, 5.41) is 12.6. The van der Waals surface area contributed by atoms with E-state index in [-0.39, 0.29) is 24.0 Å². The van der Waals surface area contributed by atoms with Crippen molar-refractivity contribution in [1.29, 1.82) is 0 Å². The van der Waals surface area contributed by atoms with E-state index in [2.05, 4.69) is 31.3 Å². The van der Waals surface area contributed by atoms with Crippen molar-refractivity contribution < 1.29 is 9.90 Å². The molecule has 0 saturated heterocycles. The Bertz CT molecular complexity index is 455. The molecule has 1 aliphatic rings. The number of nitrogens with one attached hydrogen (secondary N) is 1. The number of aliphatic hydroxyl groups is 1. The Morgan fingerprint density at radius 3 is 2.60 bits per heavy atom. The lowest BCUT2D eigenvalue weighted by atomic mass is 9.85. The SMILES string of the molecule is CCc1ccc(CC(=O)NC2CCCC2(C)CO)cc1. The van der Waals surface area contributed by atoms with Crippen LogP contribution in [0.3, 0.4) is 0 Å². The highest BCUT2D eigenvalue weighted by Gasteiger charge is 2.38. The molecule has 2 atom stereocenters. The molecule has 0 heterocycles. The van der Waals surface area contributed by atoms with Gasteiger partial charge in [0.25, 0.3) is 0 Å². The van der Waals surface area contributed by atoms with Crippen molar-refractivity contribution >= 4 is 5.91 Å². The van der Waals surface area contributed by atoms with Gasteiger partial charge in [0.1, 0.15) is 0 Å². The van der Waals surface area contributed by atoms with E-state index in [9.17, 15) is 9.90 Å². The molecule has 2 unspecified atom stereocenters. The van der Waals surface area contributed by atoms with E-state index in [0.717, 1.165) is 31.2 Å². The largest absolute Gasteiger partial charge is 0.396 e. The van der Waals surface area contributed by atoms with Crippen LogP contribution in [0.4, 0.5) is 0 Å². The molecule has 1 aromatic rings. The van der Waals surface area contributed by atoms with Gasteiger partial charge in [0.15, 0.2) is 0 Å². The molecule has 0 spiro atoms. The number of aliphatic hydroxyl groups excluding tert-OH is 1. The lowest BCUT2D eigenvalue weighted by molar-refractivity contribution is -0.122. The van der Waals surface area contributed by atoms with Crippen molar-refractivity contribution in [1.82, 2.24) is 5.32 Å². The van der Waals surface area contributed by atoms with E-state index in [0.29, 0.717) is 6.42 Å². The summed E-state index contributed by atoms with van der Waals surface area (Å²) >= 11 is 0. The van der Waals surface area contributed by atoms with Gasteiger partial charge in [0.2, 0.25) is 5.91 Å². The molecule has 1 amide bonds. The number of amides is 1. The molecule has 0 bridgehead atoms. The van der Waals surface area contributed by atoms with Gasteiger partial charge in [-0.25, -0.2) is 0 Å². The molecule has 0 radical (unpaired) electrons. The Morgan fingerprint density at radius 2 is 2.00 bits per heavy atom. The summed E-state index contributed by atoms with van der Waals surface area (Å²) in [5.41, 5.74) is 2.18. The first-order valence-electron chi connectivity index (χ1n) is 7.55. The van der Waals surface area contributed by atoms with Crippen LogP contribution < -0.4 is 5.32 Å². The van der Waals surface area contributed by atoms with E-state index < -0.39 is 0 Å². The van der Waals surface area contributed by atoms with Crippen molar-refractivity contribution in [3.8, 4) is 0 Å². The fraction of sp³-hybridized carbons (Fsp3) is 0.588. The van der Waals surface area contributed by atoms with Gasteiger partial charge < -0.3 is 10.4 Å². The van der Waals surface area contributed by atoms with Crippen molar-refractivity contribution in [3.05, 3.63) is 35.4 Å². The van der Waals surface area contributed by atoms with Gasteiger partial charge in [-0.2, -0.15) is 0 Å². The van der Waals surface area contributed by atoms with Gasteiger partial charge in [-0.3, -0.25) is 4.79 Å². The standard InChI is InChI=1S/C17H25NO2/c1-3-13-6-8-14(9-7-13)11-16(20)18-15-5-4-10-17(15,2)12-19/h6-9,15,19H,3-5,10-12H2,1-2H3,(H,18,20). The molecule has 0 aliphatic heterocycles. The lowest BCUT2D eigenvalue weighted by Crippen LogP contribution is -2.45. The van der Waals surface area contributed by atoms with Crippen molar-refractivity contribution in [3.63, 3.8) is 0 Å². The van der Waals surface area contributed by atoms with Gasteiger partial charge in [-0.15, -0.1) is 0 Å². The summed E-state index contributed by atoms with van der Waals surface area (Å²) in [7, 11) is 0. The zero-order chi connectivity index (χ0) is 14.6. The van der Waals surface area contributed by atoms with Gasteiger partial charge in [0.05, 0.1) is 13.0 Å². The highest BCUT2D eigenvalue weighted by atomic mass is 16.3. The first-order chi connectivity index (χ1) is 9.57. The van der Waals surface area contributed by atoms with E-state index in [1.807, 2.05) is 12.1 Å². The van der Waals surface area contributed by atoms with Crippen LogP contribution in [-0.4, -0.2) is 23.7 Å². The summed E-state index contributed by atoms with van der Waals surface area (Å²) in [6.07, 6.45) is 4.47. The average molecular weight is 275 g/mol. The molecule has 1 saturated carbocycles. The molecule has 110 valence electrons. The number of carbonyl (C=O) groups is 1. The highest BCUT2D eigenvalue weighted by molar-refractivity contribution is 5.79. The minimum atomic E-state index is -0.151. The summed E-state index contributed by atoms with van der Waals surface area (Å²) < 4.78 is 0. The molecule has 3 nitrogen and oxygen atoms in total. The summed E-state index contributed by atoms with van der Waals surface area (Å²) in [4.78, 5) is 12.1. The molecule has 0 aromatic heterocycles. The maximum atomic E-state index is 12.1. The Kier molecular flexibility index (Phi) is 4.81. The van der Waals surface area contributed by atoms with Crippen molar-refractivity contribution in [2.24, 2.45) is 5.41 Å². The third kappa shape index (κ3) is 3.40. The monoisotopic (exact) mass is 275 g/mol. The summed E-state index contributed by atoms with van der Waals surface area (Å²) in [6.45, 7) is 4.32. The topological polar surface area (TPSA) is 49.3 Å². The first-order valence-corrected chi connectivity index (χ1v) is 7.55. The maximum absolute atomic E-state index is 12.1. The van der Waals surface area contributed by atoms with Crippen molar-refractivity contribution in [2.45, 2.75) is 52.0 Å². The van der Waals surface area contributed by atoms with Gasteiger partial charge in [-0.1, -0.05) is 44.5 Å². The number of benzene rings is 1. The number of hydrogen-bond donors (Lipinski definition) is 2. The van der Waals surface area contributed by atoms with Crippen LogP contribution in [0, 0.1) is 5.41 Å². The Labute approximate surface area is 121 Å². The third-order valence-electron chi connectivity index (χ3n) is 4.57. The quantitative estimate of drug-likeness (QED) is 0.867. The van der Waals surface area contributed by atoms with Crippen LogP contribution in [0.1, 0.15) is 44.2 Å². The second kappa shape index (κ2) is 6.40. The molecular weight excluding hydrogens is 250 g/mol. The van der Waals surface area contributed by atoms with E-state index >= 15 is 0 Å². The summed E-state index contributed by atoms with van der Waals surface area (Å²) in [6, 6.07) is 8.32. The smallest absolute Gasteiger partial charge is 0.224 e. The third-order valence-corrected chi connectivity index (χ3v) is 4.57. The average Bonchev–Trinajstić information content (AvgIpc) is 2.81. The molecule has 2 rings (SSSR count). The zero-order valence-corrected chi connectivity index (χ0v) is 12.5. The Morgan fingerprint density at radius 1 is 1.35 bits per heavy atom.